The number of hydrogen-bond acceptors (Lipinski definition) is 4. The Bertz CT molecular complexity index is 1220. The van der Waals surface area contributed by atoms with Crippen molar-refractivity contribution in [2.24, 2.45) is 0 Å². The van der Waals surface area contributed by atoms with Crippen molar-refractivity contribution in [3.05, 3.63) is 69.2 Å². The number of aromatic nitrogens is 3. The standard InChI is InChI=1S/C20H16BrN3O3/c1-26-20(10-27-11-20)12-2-5-14(6-3-12)24-18-15-8-13(21)4-7-16(15)22-9-17(18)23-19(24)25/h2-9H,10-11H2,1H3,(H,23,25). The number of benzene rings is 2. The zero-order valence-corrected chi connectivity index (χ0v) is 16.1. The molecule has 2 aromatic carbocycles. The molecule has 4 aromatic rings. The van der Waals surface area contributed by atoms with Gasteiger partial charge < -0.3 is 14.5 Å². The van der Waals surface area contributed by atoms with Gasteiger partial charge >= 0.3 is 5.69 Å². The van der Waals surface area contributed by atoms with E-state index in [4.69, 9.17) is 9.47 Å². The smallest absolute Gasteiger partial charge is 0.331 e. The summed E-state index contributed by atoms with van der Waals surface area (Å²) in [6.45, 7) is 1.08. The molecular weight excluding hydrogens is 410 g/mol. The van der Waals surface area contributed by atoms with Crippen molar-refractivity contribution in [2.45, 2.75) is 5.60 Å². The number of H-pyrrole nitrogens is 1. The highest BCUT2D eigenvalue weighted by atomic mass is 79.9. The molecule has 0 spiro atoms. The monoisotopic (exact) mass is 425 g/mol. The first-order valence-electron chi connectivity index (χ1n) is 8.54. The Morgan fingerprint density at radius 2 is 2.00 bits per heavy atom. The second-order valence-electron chi connectivity index (χ2n) is 6.69. The number of nitrogens with one attached hydrogen (secondary N) is 1. The minimum absolute atomic E-state index is 0.194. The van der Waals surface area contributed by atoms with E-state index in [0.717, 1.165) is 32.1 Å². The molecule has 1 N–H and O–H groups in total. The number of fused-ring (bicyclic) bond motifs is 3. The van der Waals surface area contributed by atoms with Crippen LogP contribution in [0.1, 0.15) is 5.56 Å². The number of methoxy groups -OCH3 is 1. The van der Waals surface area contributed by atoms with E-state index in [2.05, 4.69) is 25.9 Å². The lowest BCUT2D eigenvalue weighted by Gasteiger charge is -2.40. The highest BCUT2D eigenvalue weighted by molar-refractivity contribution is 9.10. The quantitative estimate of drug-likeness (QED) is 0.545. The Labute approximate surface area is 162 Å². The van der Waals surface area contributed by atoms with E-state index in [1.165, 1.54) is 0 Å². The first kappa shape index (κ1) is 16.7. The highest BCUT2D eigenvalue weighted by Gasteiger charge is 2.40. The van der Waals surface area contributed by atoms with Gasteiger partial charge in [-0.1, -0.05) is 28.1 Å². The summed E-state index contributed by atoms with van der Waals surface area (Å²) in [4.78, 5) is 20.0. The van der Waals surface area contributed by atoms with Crippen molar-refractivity contribution in [1.82, 2.24) is 14.5 Å². The summed E-state index contributed by atoms with van der Waals surface area (Å²) in [7, 11) is 1.69. The Morgan fingerprint density at radius 1 is 1.22 bits per heavy atom. The number of hydrogen-bond donors (Lipinski definition) is 1. The van der Waals surface area contributed by atoms with Gasteiger partial charge in [0.1, 0.15) is 5.60 Å². The predicted molar refractivity (Wildman–Crippen MR) is 106 cm³/mol. The molecule has 136 valence electrons. The van der Waals surface area contributed by atoms with Crippen molar-refractivity contribution in [1.29, 1.82) is 0 Å². The molecule has 2 aromatic heterocycles. The van der Waals surface area contributed by atoms with Crippen LogP contribution in [0.5, 0.6) is 0 Å². The molecule has 5 rings (SSSR count). The number of imidazole rings is 1. The summed E-state index contributed by atoms with van der Waals surface area (Å²) >= 11 is 3.51. The van der Waals surface area contributed by atoms with Crippen molar-refractivity contribution in [3.63, 3.8) is 0 Å². The van der Waals surface area contributed by atoms with E-state index in [-0.39, 0.29) is 11.3 Å². The molecule has 0 atom stereocenters. The summed E-state index contributed by atoms with van der Waals surface area (Å²) in [5.74, 6) is 0. The van der Waals surface area contributed by atoms with Gasteiger partial charge in [-0.3, -0.25) is 9.55 Å². The van der Waals surface area contributed by atoms with Crippen LogP contribution in [0, 0.1) is 0 Å². The Balaban J connectivity index is 1.72. The molecule has 6 nitrogen and oxygen atoms in total. The molecule has 0 bridgehead atoms. The number of rotatable bonds is 3. The molecule has 7 heteroatoms. The van der Waals surface area contributed by atoms with Crippen molar-refractivity contribution < 1.29 is 9.47 Å². The van der Waals surface area contributed by atoms with Crippen LogP contribution in [0.2, 0.25) is 0 Å². The maximum absolute atomic E-state index is 12.7. The fourth-order valence-corrected chi connectivity index (χ4v) is 3.97. The van der Waals surface area contributed by atoms with Crippen LogP contribution in [0.25, 0.3) is 27.6 Å². The number of ether oxygens (including phenoxy) is 2. The van der Waals surface area contributed by atoms with Crippen molar-refractivity contribution in [2.75, 3.05) is 20.3 Å². The molecular formula is C20H16BrN3O3. The zero-order valence-electron chi connectivity index (χ0n) is 14.5. The number of nitrogens with zero attached hydrogens (tertiary/aromatic N) is 2. The SMILES string of the molecule is COC1(c2ccc(-n3c(=O)[nH]c4cnc5ccc(Br)cc5c43)cc2)COC1. The Morgan fingerprint density at radius 3 is 2.67 bits per heavy atom. The predicted octanol–water partition coefficient (Wildman–Crippen LogP) is 3.50. The van der Waals surface area contributed by atoms with Gasteiger partial charge in [-0.15, -0.1) is 0 Å². The van der Waals surface area contributed by atoms with Gasteiger partial charge in [-0.2, -0.15) is 0 Å². The van der Waals surface area contributed by atoms with Crippen molar-refractivity contribution in [3.8, 4) is 5.69 Å². The number of aromatic amines is 1. The fraction of sp³-hybridized carbons (Fsp3) is 0.200. The highest BCUT2D eigenvalue weighted by Crippen LogP contribution is 2.34. The van der Waals surface area contributed by atoms with Crippen LogP contribution in [-0.2, 0) is 15.1 Å². The summed E-state index contributed by atoms with van der Waals surface area (Å²) in [6.07, 6.45) is 1.70. The largest absolute Gasteiger partial charge is 0.375 e. The van der Waals surface area contributed by atoms with Gasteiger partial charge in [0.15, 0.2) is 0 Å². The normalized spacial score (nSPS) is 15.9. The van der Waals surface area contributed by atoms with Gasteiger partial charge in [-0.05, 0) is 35.9 Å². The third kappa shape index (κ3) is 2.46. The summed E-state index contributed by atoms with van der Waals surface area (Å²) in [5.41, 5.74) is 3.60. The van der Waals surface area contributed by atoms with Crippen molar-refractivity contribution >= 4 is 37.9 Å². The second-order valence-corrected chi connectivity index (χ2v) is 7.60. The average molecular weight is 426 g/mol. The summed E-state index contributed by atoms with van der Waals surface area (Å²) in [5, 5.41) is 0.907. The minimum Gasteiger partial charge on any atom is -0.375 e. The summed E-state index contributed by atoms with van der Waals surface area (Å²) in [6, 6.07) is 13.7. The number of pyridine rings is 1. The van der Waals surface area contributed by atoms with Crippen LogP contribution in [-0.4, -0.2) is 34.9 Å². The van der Waals surface area contributed by atoms with E-state index in [1.54, 1.807) is 17.9 Å². The number of halogens is 1. The van der Waals surface area contributed by atoms with E-state index < -0.39 is 0 Å². The second kappa shape index (κ2) is 6.02. The van der Waals surface area contributed by atoms with Crippen LogP contribution < -0.4 is 5.69 Å². The van der Waals surface area contributed by atoms with Gasteiger partial charge in [0, 0.05) is 17.0 Å². The molecule has 1 saturated heterocycles. The lowest BCUT2D eigenvalue weighted by atomic mass is 9.91. The molecule has 0 saturated carbocycles. The first-order chi connectivity index (χ1) is 13.1. The molecule has 27 heavy (non-hydrogen) atoms. The average Bonchev–Trinajstić information content (AvgIpc) is 2.98. The van der Waals surface area contributed by atoms with E-state index in [1.807, 2.05) is 42.5 Å². The topological polar surface area (TPSA) is 69.1 Å². The molecule has 1 fully saturated rings. The van der Waals surface area contributed by atoms with Gasteiger partial charge in [0.25, 0.3) is 0 Å². The van der Waals surface area contributed by atoms with Gasteiger partial charge in [-0.25, -0.2) is 4.79 Å². The maximum atomic E-state index is 12.7. The molecule has 0 amide bonds. The lowest BCUT2D eigenvalue weighted by molar-refractivity contribution is -0.202. The van der Waals surface area contributed by atoms with Crippen LogP contribution >= 0.6 is 15.9 Å². The lowest BCUT2D eigenvalue weighted by Crippen LogP contribution is -2.48. The van der Waals surface area contributed by atoms with E-state index >= 15 is 0 Å². The molecule has 1 aliphatic rings. The van der Waals surface area contributed by atoms with Gasteiger partial charge in [0.2, 0.25) is 0 Å². The maximum Gasteiger partial charge on any atom is 0.331 e. The third-order valence-electron chi connectivity index (χ3n) is 5.18. The first-order valence-corrected chi connectivity index (χ1v) is 9.33. The zero-order chi connectivity index (χ0) is 18.6. The van der Waals surface area contributed by atoms with E-state index in [0.29, 0.717) is 18.7 Å². The minimum atomic E-state index is -0.384. The Kier molecular flexibility index (Phi) is 3.72. The van der Waals surface area contributed by atoms with Gasteiger partial charge in [0.05, 0.1) is 41.6 Å². The van der Waals surface area contributed by atoms with Crippen LogP contribution in [0.3, 0.4) is 0 Å². The fourth-order valence-electron chi connectivity index (χ4n) is 3.61. The Hall–Kier alpha value is -2.48. The molecule has 0 aliphatic carbocycles. The molecule has 0 radical (unpaired) electrons. The molecule has 0 unspecified atom stereocenters. The van der Waals surface area contributed by atoms with Crippen LogP contribution in [0.4, 0.5) is 0 Å². The van der Waals surface area contributed by atoms with Crippen LogP contribution in [0.15, 0.2) is 57.9 Å². The van der Waals surface area contributed by atoms with E-state index in [9.17, 15) is 4.79 Å². The summed E-state index contributed by atoms with van der Waals surface area (Å²) < 4.78 is 13.6. The third-order valence-corrected chi connectivity index (χ3v) is 5.68. The molecule has 1 aliphatic heterocycles. The molecule has 3 heterocycles.